The number of sulfonamides is 1. The third kappa shape index (κ3) is 4.52. The van der Waals surface area contributed by atoms with E-state index in [9.17, 15) is 13.2 Å². The van der Waals surface area contributed by atoms with Crippen LogP contribution in [-0.4, -0.2) is 14.3 Å². The highest BCUT2D eigenvalue weighted by atomic mass is 35.5. The van der Waals surface area contributed by atoms with Gasteiger partial charge < -0.3 is 5.32 Å². The van der Waals surface area contributed by atoms with Crippen molar-refractivity contribution in [3.05, 3.63) is 94.5 Å². The first-order valence-corrected chi connectivity index (χ1v) is 10.4. The largest absolute Gasteiger partial charge is 0.348 e. The van der Waals surface area contributed by atoms with E-state index in [0.717, 1.165) is 5.56 Å². The molecule has 0 saturated heterocycles. The zero-order valence-electron chi connectivity index (χ0n) is 15.1. The summed E-state index contributed by atoms with van der Waals surface area (Å²) in [7, 11) is -3.74. The van der Waals surface area contributed by atoms with Gasteiger partial charge in [-0.1, -0.05) is 54.1 Å². The Kier molecular flexibility index (Phi) is 6.02. The Morgan fingerprint density at radius 1 is 0.929 bits per heavy atom. The quantitative estimate of drug-likeness (QED) is 0.628. The lowest BCUT2D eigenvalue weighted by atomic mass is 10.1. The molecule has 0 heterocycles. The maximum absolute atomic E-state index is 12.6. The van der Waals surface area contributed by atoms with E-state index < -0.39 is 10.0 Å². The van der Waals surface area contributed by atoms with Gasteiger partial charge in [0.25, 0.3) is 15.9 Å². The molecule has 3 aromatic carbocycles. The minimum atomic E-state index is -3.74. The number of carbonyl (C=O) groups excluding carboxylic acids is 1. The molecule has 0 radical (unpaired) electrons. The number of nitrogens with one attached hydrogen (secondary N) is 2. The van der Waals surface area contributed by atoms with Crippen LogP contribution >= 0.6 is 11.6 Å². The van der Waals surface area contributed by atoms with E-state index in [-0.39, 0.29) is 17.3 Å². The highest BCUT2D eigenvalue weighted by molar-refractivity contribution is 7.92. The van der Waals surface area contributed by atoms with Crippen LogP contribution in [0.4, 0.5) is 5.69 Å². The van der Waals surface area contributed by atoms with Crippen LogP contribution in [0, 0.1) is 6.92 Å². The summed E-state index contributed by atoms with van der Waals surface area (Å²) in [4.78, 5) is 12.8. The normalized spacial score (nSPS) is 11.1. The van der Waals surface area contributed by atoms with Crippen molar-refractivity contribution in [3.63, 3.8) is 0 Å². The first-order valence-electron chi connectivity index (χ1n) is 8.57. The maximum atomic E-state index is 12.6. The van der Waals surface area contributed by atoms with Crippen LogP contribution in [0.5, 0.6) is 0 Å². The Morgan fingerprint density at radius 2 is 1.61 bits per heavy atom. The number of hydrogen-bond donors (Lipinski definition) is 2. The zero-order valence-corrected chi connectivity index (χ0v) is 16.7. The molecule has 0 atom stereocenters. The first-order chi connectivity index (χ1) is 13.4. The monoisotopic (exact) mass is 414 g/mol. The van der Waals surface area contributed by atoms with Gasteiger partial charge in [-0.3, -0.25) is 9.52 Å². The van der Waals surface area contributed by atoms with Gasteiger partial charge >= 0.3 is 0 Å². The van der Waals surface area contributed by atoms with Gasteiger partial charge in [-0.2, -0.15) is 0 Å². The molecule has 5 nitrogen and oxygen atoms in total. The van der Waals surface area contributed by atoms with Crippen LogP contribution in [0.1, 0.15) is 21.5 Å². The van der Waals surface area contributed by atoms with Crippen molar-refractivity contribution in [2.75, 3.05) is 4.72 Å². The number of carbonyl (C=O) groups is 1. The molecule has 7 heteroatoms. The smallest absolute Gasteiger partial charge is 0.261 e. The van der Waals surface area contributed by atoms with Gasteiger partial charge in [0.1, 0.15) is 0 Å². The molecule has 0 aliphatic heterocycles. The molecule has 3 rings (SSSR count). The minimum Gasteiger partial charge on any atom is -0.348 e. The summed E-state index contributed by atoms with van der Waals surface area (Å²) in [5.74, 6) is -0.307. The number of hydrogen-bond acceptors (Lipinski definition) is 3. The summed E-state index contributed by atoms with van der Waals surface area (Å²) in [5, 5.41) is 3.39. The van der Waals surface area contributed by atoms with E-state index in [1.54, 1.807) is 49.4 Å². The SMILES string of the molecule is Cc1c(NS(=O)(=O)c2ccccc2)cccc1C(=O)NCc1ccccc1Cl. The van der Waals surface area contributed by atoms with Crippen LogP contribution < -0.4 is 10.0 Å². The second-order valence-electron chi connectivity index (χ2n) is 6.17. The Hall–Kier alpha value is -2.83. The number of halogens is 1. The van der Waals surface area contributed by atoms with E-state index in [1.165, 1.54) is 12.1 Å². The Labute approximate surface area is 169 Å². The van der Waals surface area contributed by atoms with Gasteiger partial charge in [-0.25, -0.2) is 8.42 Å². The van der Waals surface area contributed by atoms with Gasteiger partial charge in [0.2, 0.25) is 0 Å². The summed E-state index contributed by atoms with van der Waals surface area (Å²) >= 11 is 6.11. The number of amides is 1. The molecule has 0 aromatic heterocycles. The molecule has 0 aliphatic carbocycles. The van der Waals surface area contributed by atoms with E-state index in [0.29, 0.717) is 21.8 Å². The molecule has 3 aromatic rings. The molecule has 144 valence electrons. The molecule has 0 unspecified atom stereocenters. The van der Waals surface area contributed by atoms with E-state index in [4.69, 9.17) is 11.6 Å². The van der Waals surface area contributed by atoms with Crippen molar-refractivity contribution in [3.8, 4) is 0 Å². The van der Waals surface area contributed by atoms with Gasteiger partial charge in [-0.15, -0.1) is 0 Å². The second kappa shape index (κ2) is 8.46. The maximum Gasteiger partial charge on any atom is 0.261 e. The molecule has 0 spiro atoms. The van der Waals surface area contributed by atoms with Crippen molar-refractivity contribution in [1.82, 2.24) is 5.32 Å². The fraction of sp³-hybridized carbons (Fsp3) is 0.0952. The first kappa shape index (κ1) is 19.9. The third-order valence-electron chi connectivity index (χ3n) is 4.27. The average Bonchev–Trinajstić information content (AvgIpc) is 2.69. The molecule has 0 aliphatic rings. The van der Waals surface area contributed by atoms with Gasteiger partial charge in [0.05, 0.1) is 10.6 Å². The highest BCUT2D eigenvalue weighted by Crippen LogP contribution is 2.23. The molecule has 0 saturated carbocycles. The number of benzene rings is 3. The zero-order chi connectivity index (χ0) is 20.1. The van der Waals surface area contributed by atoms with Gasteiger partial charge in [0, 0.05) is 17.1 Å². The molecule has 0 fully saturated rings. The Balaban J connectivity index is 1.79. The van der Waals surface area contributed by atoms with Crippen molar-refractivity contribution < 1.29 is 13.2 Å². The van der Waals surface area contributed by atoms with Crippen LogP contribution in [0.2, 0.25) is 5.02 Å². The predicted octanol–water partition coefficient (Wildman–Crippen LogP) is 4.38. The van der Waals surface area contributed by atoms with E-state index >= 15 is 0 Å². The Morgan fingerprint density at radius 3 is 2.32 bits per heavy atom. The molecule has 2 N–H and O–H groups in total. The fourth-order valence-electron chi connectivity index (χ4n) is 2.71. The van der Waals surface area contributed by atoms with Crippen LogP contribution in [0.25, 0.3) is 0 Å². The predicted molar refractivity (Wildman–Crippen MR) is 111 cm³/mol. The molecule has 1 amide bonds. The lowest BCUT2D eigenvalue weighted by molar-refractivity contribution is 0.0950. The van der Waals surface area contributed by atoms with Gasteiger partial charge in [0.15, 0.2) is 0 Å². The summed E-state index contributed by atoms with van der Waals surface area (Å²) in [6.45, 7) is 1.98. The highest BCUT2D eigenvalue weighted by Gasteiger charge is 2.17. The second-order valence-corrected chi connectivity index (χ2v) is 8.26. The summed E-state index contributed by atoms with van der Waals surface area (Å²) in [6.07, 6.45) is 0. The average molecular weight is 415 g/mol. The lowest BCUT2D eigenvalue weighted by Gasteiger charge is -2.14. The fourth-order valence-corrected chi connectivity index (χ4v) is 4.05. The van der Waals surface area contributed by atoms with E-state index in [1.807, 2.05) is 18.2 Å². The number of rotatable bonds is 6. The third-order valence-corrected chi connectivity index (χ3v) is 6.02. The van der Waals surface area contributed by atoms with Crippen LogP contribution in [-0.2, 0) is 16.6 Å². The van der Waals surface area contributed by atoms with E-state index in [2.05, 4.69) is 10.0 Å². The topological polar surface area (TPSA) is 75.3 Å². The van der Waals surface area contributed by atoms with Crippen molar-refractivity contribution in [2.45, 2.75) is 18.4 Å². The summed E-state index contributed by atoms with van der Waals surface area (Å²) in [6, 6.07) is 20.2. The molecular formula is C21H19ClN2O3S. The number of anilines is 1. The summed E-state index contributed by atoms with van der Waals surface area (Å²) in [5.41, 5.74) is 2.09. The summed E-state index contributed by atoms with van der Waals surface area (Å²) < 4.78 is 27.7. The van der Waals surface area contributed by atoms with Crippen molar-refractivity contribution >= 4 is 33.2 Å². The van der Waals surface area contributed by atoms with Crippen molar-refractivity contribution in [2.24, 2.45) is 0 Å². The van der Waals surface area contributed by atoms with Crippen LogP contribution in [0.3, 0.4) is 0 Å². The molecule has 28 heavy (non-hydrogen) atoms. The minimum absolute atomic E-state index is 0.156. The molecule has 0 bridgehead atoms. The standard InChI is InChI=1S/C21H19ClN2O3S/c1-15-18(21(25)23-14-16-8-5-6-12-19(16)22)11-7-13-20(15)24-28(26,27)17-9-3-2-4-10-17/h2-13,24H,14H2,1H3,(H,23,25). The molecular weight excluding hydrogens is 396 g/mol. The van der Waals surface area contributed by atoms with Gasteiger partial charge in [-0.05, 0) is 48.4 Å². The van der Waals surface area contributed by atoms with Crippen LogP contribution in [0.15, 0.2) is 77.7 Å². The Bertz CT molecular complexity index is 1100. The lowest BCUT2D eigenvalue weighted by Crippen LogP contribution is -2.24. The van der Waals surface area contributed by atoms with Crippen molar-refractivity contribution in [1.29, 1.82) is 0 Å².